The van der Waals surface area contributed by atoms with E-state index in [1.54, 1.807) is 38.1 Å². The number of rotatable bonds is 4. The van der Waals surface area contributed by atoms with Crippen LogP contribution in [0.2, 0.25) is 0 Å². The van der Waals surface area contributed by atoms with E-state index < -0.39 is 5.54 Å². The highest BCUT2D eigenvalue weighted by molar-refractivity contribution is 5.98. The van der Waals surface area contributed by atoms with E-state index in [0.29, 0.717) is 18.0 Å². The number of ether oxygens (including phenoxy) is 1. The van der Waals surface area contributed by atoms with Gasteiger partial charge in [-0.05, 0) is 51.0 Å². The van der Waals surface area contributed by atoms with Crippen LogP contribution in [0.3, 0.4) is 0 Å². The first-order valence-corrected chi connectivity index (χ1v) is 6.99. The summed E-state index contributed by atoms with van der Waals surface area (Å²) in [6.07, 6.45) is 1.31. The first-order valence-electron chi connectivity index (χ1n) is 6.99. The molecular formula is C15H21N3O3. The van der Waals surface area contributed by atoms with Gasteiger partial charge in [0.2, 0.25) is 5.91 Å². The van der Waals surface area contributed by atoms with Gasteiger partial charge in [0.25, 0.3) is 5.91 Å². The third-order valence-electron chi connectivity index (χ3n) is 3.22. The highest BCUT2D eigenvalue weighted by Gasteiger charge is 2.24. The van der Waals surface area contributed by atoms with Crippen molar-refractivity contribution in [3.05, 3.63) is 24.3 Å². The fourth-order valence-electron chi connectivity index (χ4n) is 1.94. The molecular weight excluding hydrogens is 270 g/mol. The quantitative estimate of drug-likeness (QED) is 0.783. The van der Waals surface area contributed by atoms with Crippen LogP contribution in [0.4, 0.5) is 11.4 Å². The van der Waals surface area contributed by atoms with Crippen LogP contribution in [0.25, 0.3) is 0 Å². The van der Waals surface area contributed by atoms with Crippen molar-refractivity contribution in [2.45, 2.75) is 38.3 Å². The fraction of sp³-hybridized carbons (Fsp3) is 0.467. The second-order valence-corrected chi connectivity index (χ2v) is 5.74. The maximum Gasteiger partial charge on any atom is 0.253 e. The molecule has 1 fully saturated rings. The van der Waals surface area contributed by atoms with Crippen molar-refractivity contribution in [2.24, 2.45) is 5.73 Å². The molecule has 1 unspecified atom stereocenters. The maximum absolute atomic E-state index is 11.9. The minimum absolute atomic E-state index is 0.132. The molecule has 2 amide bonds. The number of nitrogens with one attached hydrogen (secondary N) is 2. The normalized spacial score (nSPS) is 18.3. The summed E-state index contributed by atoms with van der Waals surface area (Å²) < 4.78 is 5.32. The van der Waals surface area contributed by atoms with Crippen molar-refractivity contribution in [3.8, 4) is 0 Å². The molecule has 1 aliphatic heterocycles. The average Bonchev–Trinajstić information content (AvgIpc) is 2.94. The minimum atomic E-state index is -0.938. The van der Waals surface area contributed by atoms with Crippen molar-refractivity contribution < 1.29 is 14.3 Å². The number of benzene rings is 1. The molecule has 1 atom stereocenters. The Hall–Kier alpha value is -1.92. The first-order chi connectivity index (χ1) is 9.86. The Kier molecular flexibility index (Phi) is 4.59. The van der Waals surface area contributed by atoms with Gasteiger partial charge in [-0.25, -0.2) is 0 Å². The van der Waals surface area contributed by atoms with Crippen LogP contribution in [0, 0.1) is 0 Å². The second-order valence-electron chi connectivity index (χ2n) is 5.74. The van der Waals surface area contributed by atoms with Gasteiger partial charge in [0, 0.05) is 18.0 Å². The molecule has 1 aromatic carbocycles. The molecule has 6 heteroatoms. The van der Waals surface area contributed by atoms with E-state index in [4.69, 9.17) is 10.5 Å². The Balaban J connectivity index is 1.92. The summed E-state index contributed by atoms with van der Waals surface area (Å²) in [4.78, 5) is 23.6. The van der Waals surface area contributed by atoms with Crippen molar-refractivity contribution in [2.75, 3.05) is 17.2 Å². The zero-order valence-corrected chi connectivity index (χ0v) is 12.3. The molecule has 0 radical (unpaired) electrons. The smallest absolute Gasteiger partial charge is 0.253 e. The zero-order chi connectivity index (χ0) is 15.5. The lowest BCUT2D eigenvalue weighted by Crippen LogP contribution is -2.45. The van der Waals surface area contributed by atoms with Crippen LogP contribution in [0.5, 0.6) is 0 Å². The summed E-state index contributed by atoms with van der Waals surface area (Å²) in [6, 6.07) is 6.89. The standard InChI is InChI=1S/C15H21N3O3/c1-15(2,16)14(20)18-11-7-5-10(6-8-11)17-13(19)12-4-3-9-21-12/h5-8,12H,3-4,9,16H2,1-2H3,(H,17,19)(H,18,20). The minimum Gasteiger partial charge on any atom is -0.368 e. The number of carbonyl (C=O) groups excluding carboxylic acids is 2. The predicted molar refractivity (Wildman–Crippen MR) is 80.9 cm³/mol. The summed E-state index contributed by atoms with van der Waals surface area (Å²) in [7, 11) is 0. The molecule has 1 aromatic rings. The molecule has 1 saturated heterocycles. The molecule has 0 aromatic heterocycles. The molecule has 0 aliphatic carbocycles. The number of carbonyl (C=O) groups is 2. The summed E-state index contributed by atoms with van der Waals surface area (Å²) in [5.74, 6) is -0.397. The monoisotopic (exact) mass is 291 g/mol. The summed E-state index contributed by atoms with van der Waals surface area (Å²) in [5.41, 5.74) is 6.07. The van der Waals surface area contributed by atoms with Crippen LogP contribution in [0.15, 0.2) is 24.3 Å². The van der Waals surface area contributed by atoms with E-state index in [1.165, 1.54) is 0 Å². The highest BCUT2D eigenvalue weighted by Crippen LogP contribution is 2.17. The Morgan fingerprint density at radius 3 is 2.24 bits per heavy atom. The topological polar surface area (TPSA) is 93.5 Å². The van der Waals surface area contributed by atoms with Crippen LogP contribution in [-0.2, 0) is 14.3 Å². The summed E-state index contributed by atoms with van der Waals surface area (Å²) in [6.45, 7) is 3.91. The van der Waals surface area contributed by atoms with Gasteiger partial charge in [-0.2, -0.15) is 0 Å². The van der Waals surface area contributed by atoms with Crippen LogP contribution in [-0.4, -0.2) is 30.1 Å². The molecule has 4 N–H and O–H groups in total. The number of hydrogen-bond acceptors (Lipinski definition) is 4. The van der Waals surface area contributed by atoms with Gasteiger partial charge in [0.15, 0.2) is 0 Å². The van der Waals surface area contributed by atoms with E-state index in [2.05, 4.69) is 10.6 Å². The lowest BCUT2D eigenvalue weighted by atomic mass is 10.1. The molecule has 2 rings (SSSR count). The molecule has 6 nitrogen and oxygen atoms in total. The van der Waals surface area contributed by atoms with E-state index in [1.807, 2.05) is 0 Å². The molecule has 1 heterocycles. The SMILES string of the molecule is CC(C)(N)C(=O)Nc1ccc(NC(=O)C2CCCO2)cc1. The van der Waals surface area contributed by atoms with E-state index in [9.17, 15) is 9.59 Å². The average molecular weight is 291 g/mol. The van der Waals surface area contributed by atoms with Gasteiger partial charge >= 0.3 is 0 Å². The highest BCUT2D eigenvalue weighted by atomic mass is 16.5. The van der Waals surface area contributed by atoms with Gasteiger partial charge in [-0.3, -0.25) is 9.59 Å². The Morgan fingerprint density at radius 1 is 1.19 bits per heavy atom. The largest absolute Gasteiger partial charge is 0.368 e. The summed E-state index contributed by atoms with van der Waals surface area (Å²) >= 11 is 0. The van der Waals surface area contributed by atoms with Gasteiger partial charge in [0.1, 0.15) is 6.10 Å². The predicted octanol–water partition coefficient (Wildman–Crippen LogP) is 1.48. The molecule has 0 saturated carbocycles. The maximum atomic E-state index is 11.9. The van der Waals surface area contributed by atoms with Crippen molar-refractivity contribution in [1.82, 2.24) is 0 Å². The third kappa shape index (κ3) is 4.27. The summed E-state index contributed by atoms with van der Waals surface area (Å²) in [5, 5.41) is 5.51. The van der Waals surface area contributed by atoms with E-state index >= 15 is 0 Å². The first kappa shape index (κ1) is 15.5. The van der Waals surface area contributed by atoms with Crippen LogP contribution >= 0.6 is 0 Å². The Bertz CT molecular complexity index is 514. The number of amides is 2. The fourth-order valence-corrected chi connectivity index (χ4v) is 1.94. The lowest BCUT2D eigenvalue weighted by Gasteiger charge is -2.18. The van der Waals surface area contributed by atoms with Crippen LogP contribution < -0.4 is 16.4 Å². The molecule has 1 aliphatic rings. The second kappa shape index (κ2) is 6.24. The van der Waals surface area contributed by atoms with Crippen molar-refractivity contribution in [3.63, 3.8) is 0 Å². The van der Waals surface area contributed by atoms with Crippen molar-refractivity contribution >= 4 is 23.2 Å². The zero-order valence-electron chi connectivity index (χ0n) is 12.3. The van der Waals surface area contributed by atoms with Gasteiger partial charge in [-0.15, -0.1) is 0 Å². The molecule has 114 valence electrons. The van der Waals surface area contributed by atoms with Gasteiger partial charge < -0.3 is 21.1 Å². The van der Waals surface area contributed by atoms with Crippen molar-refractivity contribution in [1.29, 1.82) is 0 Å². The van der Waals surface area contributed by atoms with E-state index in [-0.39, 0.29) is 17.9 Å². The lowest BCUT2D eigenvalue weighted by molar-refractivity contribution is -0.124. The van der Waals surface area contributed by atoms with Crippen LogP contribution in [0.1, 0.15) is 26.7 Å². The number of anilines is 2. The van der Waals surface area contributed by atoms with Gasteiger partial charge in [-0.1, -0.05) is 0 Å². The number of nitrogens with two attached hydrogens (primary N) is 1. The number of hydrogen-bond donors (Lipinski definition) is 3. The Morgan fingerprint density at radius 2 is 1.76 bits per heavy atom. The van der Waals surface area contributed by atoms with Gasteiger partial charge in [0.05, 0.1) is 5.54 Å². The molecule has 0 bridgehead atoms. The van der Waals surface area contributed by atoms with E-state index in [0.717, 1.165) is 12.8 Å². The molecule has 21 heavy (non-hydrogen) atoms. The molecule has 0 spiro atoms. The third-order valence-corrected chi connectivity index (χ3v) is 3.22. The Labute approximate surface area is 124 Å².